The Balaban J connectivity index is 1.29. The molecule has 3 aliphatic carbocycles. The molecule has 6 nitrogen and oxygen atoms in total. The number of non-ortho nitro benzene ring substituents is 1. The number of phenolic OH excluding ortho intramolecular Hbond substituents is 1. The Hall–Kier alpha value is -2.89. The number of fused-ring (bicyclic) bond motifs is 5. The van der Waals surface area contributed by atoms with Gasteiger partial charge in [0.2, 0.25) is 0 Å². The summed E-state index contributed by atoms with van der Waals surface area (Å²) in [5.74, 6) is 2.24. The molecule has 2 aromatic carbocycles. The molecule has 2 aromatic rings. The van der Waals surface area contributed by atoms with E-state index in [9.17, 15) is 15.2 Å². The molecule has 0 aliphatic heterocycles. The number of hydrogen-bond acceptors (Lipinski definition) is 5. The molecule has 0 amide bonds. The molecule has 0 bridgehead atoms. The summed E-state index contributed by atoms with van der Waals surface area (Å²) in [7, 11) is 0. The highest BCUT2D eigenvalue weighted by atomic mass is 16.6. The summed E-state index contributed by atoms with van der Waals surface area (Å²) in [5, 5.41) is 25.2. The average Bonchev–Trinajstić information content (AvgIpc) is 3.10. The fraction of sp³-hybridized carbons (Fsp3) is 0.480. The molecular formula is C25H28N2O4. The van der Waals surface area contributed by atoms with Crippen LogP contribution in [0.3, 0.4) is 0 Å². The molecule has 0 aromatic heterocycles. The van der Waals surface area contributed by atoms with Crippen molar-refractivity contribution in [3.8, 4) is 5.75 Å². The third-order valence-electron chi connectivity index (χ3n) is 8.00. The minimum absolute atomic E-state index is 0.0854. The Labute approximate surface area is 182 Å². The van der Waals surface area contributed by atoms with Gasteiger partial charge in [-0.15, -0.1) is 0 Å². The number of benzene rings is 2. The molecule has 3 aliphatic rings. The highest BCUT2D eigenvalue weighted by molar-refractivity contribution is 5.92. The molecule has 162 valence electrons. The molecule has 6 heteroatoms. The molecule has 4 atom stereocenters. The highest BCUT2D eigenvalue weighted by Gasteiger charge is 2.53. The zero-order valence-corrected chi connectivity index (χ0v) is 17.8. The summed E-state index contributed by atoms with van der Waals surface area (Å²) in [5.41, 5.74) is 4.99. The van der Waals surface area contributed by atoms with E-state index in [-0.39, 0.29) is 11.1 Å². The number of nitro groups is 1. The van der Waals surface area contributed by atoms with Gasteiger partial charge in [0.1, 0.15) is 12.4 Å². The fourth-order valence-electron chi connectivity index (χ4n) is 6.41. The van der Waals surface area contributed by atoms with Crippen molar-refractivity contribution in [2.75, 3.05) is 0 Å². The van der Waals surface area contributed by atoms with Crippen LogP contribution in [0.1, 0.15) is 61.6 Å². The van der Waals surface area contributed by atoms with Crippen LogP contribution in [0.2, 0.25) is 0 Å². The van der Waals surface area contributed by atoms with Gasteiger partial charge >= 0.3 is 0 Å². The largest absolute Gasteiger partial charge is 0.508 e. The first-order valence-electron chi connectivity index (χ1n) is 11.2. The molecule has 0 radical (unpaired) electrons. The molecule has 31 heavy (non-hydrogen) atoms. The second-order valence-corrected chi connectivity index (χ2v) is 9.53. The van der Waals surface area contributed by atoms with E-state index >= 15 is 0 Å². The molecule has 1 unspecified atom stereocenters. The van der Waals surface area contributed by atoms with Crippen LogP contribution >= 0.6 is 0 Å². The first kappa shape index (κ1) is 20.0. The van der Waals surface area contributed by atoms with Crippen LogP contribution in [0.15, 0.2) is 47.6 Å². The number of aromatic hydroxyl groups is 1. The lowest BCUT2D eigenvalue weighted by Crippen LogP contribution is -2.42. The normalized spacial score (nSPS) is 30.4. The summed E-state index contributed by atoms with van der Waals surface area (Å²) < 4.78 is 0. The molecule has 0 spiro atoms. The lowest BCUT2D eigenvalue weighted by atomic mass is 9.55. The lowest BCUT2D eigenvalue weighted by Gasteiger charge is -2.49. The van der Waals surface area contributed by atoms with Gasteiger partial charge in [0.25, 0.3) is 5.69 Å². The second-order valence-electron chi connectivity index (χ2n) is 9.53. The van der Waals surface area contributed by atoms with Gasteiger partial charge in [-0.25, -0.2) is 0 Å². The van der Waals surface area contributed by atoms with Crippen molar-refractivity contribution in [2.24, 2.45) is 22.4 Å². The summed E-state index contributed by atoms with van der Waals surface area (Å²) in [4.78, 5) is 16.1. The van der Waals surface area contributed by atoms with E-state index in [1.165, 1.54) is 35.4 Å². The van der Waals surface area contributed by atoms with E-state index in [2.05, 4.69) is 18.1 Å². The topological polar surface area (TPSA) is 85.0 Å². The van der Waals surface area contributed by atoms with Crippen LogP contribution in [-0.4, -0.2) is 15.7 Å². The smallest absolute Gasteiger partial charge is 0.269 e. The van der Waals surface area contributed by atoms with Crippen molar-refractivity contribution >= 4 is 11.4 Å². The van der Waals surface area contributed by atoms with E-state index < -0.39 is 4.92 Å². The van der Waals surface area contributed by atoms with Crippen molar-refractivity contribution in [2.45, 2.75) is 58.0 Å². The van der Waals surface area contributed by atoms with Crippen molar-refractivity contribution in [3.05, 3.63) is 69.3 Å². The Bertz CT molecular complexity index is 1030. The maximum Gasteiger partial charge on any atom is 0.269 e. The molecule has 1 N–H and O–H groups in total. The van der Waals surface area contributed by atoms with Gasteiger partial charge in [0.15, 0.2) is 0 Å². The fourth-order valence-corrected chi connectivity index (χ4v) is 6.41. The number of nitro benzene ring substituents is 1. The predicted molar refractivity (Wildman–Crippen MR) is 118 cm³/mol. The predicted octanol–water partition coefficient (Wildman–Crippen LogP) is 5.73. The van der Waals surface area contributed by atoms with Crippen LogP contribution in [0.4, 0.5) is 5.69 Å². The van der Waals surface area contributed by atoms with Gasteiger partial charge in [0, 0.05) is 17.5 Å². The van der Waals surface area contributed by atoms with E-state index in [1.54, 1.807) is 12.1 Å². The van der Waals surface area contributed by atoms with Gasteiger partial charge < -0.3 is 9.94 Å². The monoisotopic (exact) mass is 420 g/mol. The van der Waals surface area contributed by atoms with E-state index in [4.69, 9.17) is 4.84 Å². The van der Waals surface area contributed by atoms with Crippen molar-refractivity contribution in [1.29, 1.82) is 0 Å². The number of aryl methyl sites for hydroxylation is 1. The summed E-state index contributed by atoms with van der Waals surface area (Å²) in [6.07, 6.45) is 6.62. The zero-order valence-electron chi connectivity index (χ0n) is 17.8. The first-order valence-corrected chi connectivity index (χ1v) is 11.2. The molecule has 0 saturated heterocycles. The van der Waals surface area contributed by atoms with Gasteiger partial charge in [-0.2, -0.15) is 0 Å². The first-order chi connectivity index (χ1) is 15.0. The molecule has 2 fully saturated rings. The Morgan fingerprint density at radius 1 is 1.16 bits per heavy atom. The third-order valence-corrected chi connectivity index (χ3v) is 8.00. The Morgan fingerprint density at radius 3 is 2.74 bits per heavy atom. The van der Waals surface area contributed by atoms with Crippen LogP contribution < -0.4 is 0 Å². The summed E-state index contributed by atoms with van der Waals surface area (Å²) in [6, 6.07) is 12.4. The average molecular weight is 421 g/mol. The van der Waals surface area contributed by atoms with E-state index in [1.807, 2.05) is 12.1 Å². The summed E-state index contributed by atoms with van der Waals surface area (Å²) >= 11 is 0. The van der Waals surface area contributed by atoms with Gasteiger partial charge in [-0.1, -0.05) is 18.1 Å². The van der Waals surface area contributed by atoms with Gasteiger partial charge in [-0.05, 0) is 97.2 Å². The molecule has 5 rings (SSSR count). The third kappa shape index (κ3) is 3.48. The lowest BCUT2D eigenvalue weighted by molar-refractivity contribution is -0.384. The zero-order chi connectivity index (χ0) is 21.6. The van der Waals surface area contributed by atoms with Crippen LogP contribution in [-0.2, 0) is 17.9 Å². The number of oxime groups is 1. The quantitative estimate of drug-likeness (QED) is 0.506. The summed E-state index contributed by atoms with van der Waals surface area (Å²) in [6.45, 7) is 2.69. The molecular weight excluding hydrogens is 392 g/mol. The Kier molecular flexibility index (Phi) is 4.95. The van der Waals surface area contributed by atoms with Gasteiger partial charge in [0.05, 0.1) is 10.6 Å². The standard InChI is InChI=1S/C25H28N2O4/c1-25-13-12-21-20-9-7-19(28)14-17(20)4-8-22(21)23(25)10-11-24(25)26-31-15-16-2-5-18(6-3-16)27(29)30/h2-3,5-7,9,14,21-23,28H,4,8,10-13,15H2,1H3/b26-24+/t21-,22?,23+,25+/m1/s1. The van der Waals surface area contributed by atoms with E-state index in [0.717, 1.165) is 37.7 Å². The molecule has 2 saturated carbocycles. The number of hydrogen-bond donors (Lipinski definition) is 1. The van der Waals surface area contributed by atoms with Gasteiger partial charge in [-0.3, -0.25) is 10.1 Å². The van der Waals surface area contributed by atoms with Crippen molar-refractivity contribution in [3.63, 3.8) is 0 Å². The second kappa shape index (κ2) is 7.66. The maximum absolute atomic E-state index is 10.8. The highest BCUT2D eigenvalue weighted by Crippen LogP contribution is 2.60. The van der Waals surface area contributed by atoms with Crippen LogP contribution in [0.5, 0.6) is 5.75 Å². The number of phenols is 1. The molecule has 0 heterocycles. The minimum Gasteiger partial charge on any atom is -0.508 e. The Morgan fingerprint density at radius 2 is 1.97 bits per heavy atom. The number of rotatable bonds is 4. The SMILES string of the molecule is C[C@]12CC[C@@H]3c4ccc(O)cc4CCC3[C@@H]1CC/C2=N\OCc1ccc([N+](=O)[O-])cc1. The van der Waals surface area contributed by atoms with Crippen LogP contribution in [0, 0.1) is 27.4 Å². The number of nitrogens with zero attached hydrogens (tertiary/aromatic N) is 2. The van der Waals surface area contributed by atoms with Crippen molar-refractivity contribution in [1.82, 2.24) is 0 Å². The van der Waals surface area contributed by atoms with E-state index in [0.29, 0.717) is 30.1 Å². The minimum atomic E-state index is -0.396. The van der Waals surface area contributed by atoms with Crippen LogP contribution in [0.25, 0.3) is 0 Å². The maximum atomic E-state index is 10.8. The van der Waals surface area contributed by atoms with Crippen molar-refractivity contribution < 1.29 is 14.9 Å².